The summed E-state index contributed by atoms with van der Waals surface area (Å²) < 4.78 is 0. The number of hydrogen-bond donors (Lipinski definition) is 7. The fourth-order valence-electron chi connectivity index (χ4n) is 3.76. The van der Waals surface area contributed by atoms with Gasteiger partial charge in [-0.1, -0.05) is 69.2 Å². The van der Waals surface area contributed by atoms with Crippen LogP contribution in [0.1, 0.15) is 123 Å². The second-order valence-corrected chi connectivity index (χ2v) is 10.7. The second-order valence-electron chi connectivity index (χ2n) is 10.7. The number of hydrogen-bond acceptors (Lipinski definition) is 11. The van der Waals surface area contributed by atoms with E-state index in [1.807, 2.05) is 67.3 Å². The summed E-state index contributed by atoms with van der Waals surface area (Å²) in [5.74, 6) is -1.07. The average molecular weight is 749 g/mol. The van der Waals surface area contributed by atoms with Crippen LogP contribution in [0, 0.1) is 5.92 Å². The van der Waals surface area contributed by atoms with Gasteiger partial charge in [-0.25, -0.2) is 19.8 Å². The molecule has 15 nitrogen and oxygen atoms in total. The third-order valence-electron chi connectivity index (χ3n) is 6.19. The van der Waals surface area contributed by atoms with Crippen molar-refractivity contribution in [3.8, 4) is 0 Å². The Kier molecular flexibility index (Phi) is 38.9. The van der Waals surface area contributed by atoms with Crippen molar-refractivity contribution < 1.29 is 24.6 Å². The molecule has 304 valence electrons. The number of amidine groups is 1. The summed E-state index contributed by atoms with van der Waals surface area (Å²) in [5.41, 5.74) is 18.2. The summed E-state index contributed by atoms with van der Waals surface area (Å²) in [6.45, 7) is 25.5. The molecular formula is C38H72N10O5. The molecule has 0 fully saturated rings. The number of aliphatic imine (C=N–C) groups is 2. The predicted octanol–water partition coefficient (Wildman–Crippen LogP) is 5.01. The smallest absolute Gasteiger partial charge is 0.326 e. The summed E-state index contributed by atoms with van der Waals surface area (Å²) in [6, 6.07) is 5.46. The molecule has 1 aromatic heterocycles. The number of anilines is 1. The van der Waals surface area contributed by atoms with Crippen LogP contribution in [0.15, 0.2) is 40.4 Å². The van der Waals surface area contributed by atoms with Crippen LogP contribution in [-0.2, 0) is 16.1 Å². The zero-order valence-corrected chi connectivity index (χ0v) is 34.4. The number of amides is 2. The minimum absolute atomic E-state index is 0.000825. The topological polar surface area (TPSA) is 248 Å². The van der Waals surface area contributed by atoms with Crippen molar-refractivity contribution in [1.82, 2.24) is 20.6 Å². The number of nitrogens with zero attached hydrogens (tertiary/aromatic N) is 5. The first-order valence-electron chi connectivity index (χ1n) is 18.6. The summed E-state index contributed by atoms with van der Waals surface area (Å²) in [7, 11) is 1.84. The van der Waals surface area contributed by atoms with E-state index in [0.29, 0.717) is 31.3 Å². The molecule has 0 spiro atoms. The van der Waals surface area contributed by atoms with Gasteiger partial charge in [-0.2, -0.15) is 0 Å². The van der Waals surface area contributed by atoms with Crippen molar-refractivity contribution in [3.63, 3.8) is 0 Å². The predicted molar refractivity (Wildman–Crippen MR) is 221 cm³/mol. The molecule has 2 amide bonds. The van der Waals surface area contributed by atoms with Gasteiger partial charge in [-0.05, 0) is 69.1 Å². The fraction of sp³-hybridized carbons (Fsp3) is 0.605. The number of nitrogens with one attached hydrogen (secondary N) is 2. The number of aliphatic carboxylic acids is 1. The minimum Gasteiger partial charge on any atom is -0.480 e. The summed E-state index contributed by atoms with van der Waals surface area (Å²) in [5, 5.41) is 22.7. The van der Waals surface area contributed by atoms with Crippen molar-refractivity contribution in [1.29, 1.82) is 0 Å². The zero-order chi connectivity index (χ0) is 41.8. The lowest BCUT2D eigenvalue weighted by atomic mass is 10.1. The molecule has 1 atom stereocenters. The SMILES string of the molecule is C=Nc1ncc(CN(C)c2ccc(C(=O)NC(CCC(=O)NCCCC(C)C)C(=O)O)cc2)nc1/C(N)=N\CN.CC.CC.CC.CCCO.CCN. The first kappa shape index (κ1) is 55.3. The van der Waals surface area contributed by atoms with E-state index in [4.69, 9.17) is 22.3 Å². The van der Waals surface area contributed by atoms with Crippen molar-refractivity contribution in [2.45, 2.75) is 114 Å². The van der Waals surface area contributed by atoms with Crippen molar-refractivity contribution in [2.75, 3.05) is 38.3 Å². The van der Waals surface area contributed by atoms with Gasteiger partial charge >= 0.3 is 5.97 Å². The molecular weight excluding hydrogens is 676 g/mol. The number of carboxylic acid groups (broad SMARTS) is 1. The maximum absolute atomic E-state index is 12.7. The van der Waals surface area contributed by atoms with Gasteiger partial charge in [-0.15, -0.1) is 0 Å². The van der Waals surface area contributed by atoms with E-state index in [0.717, 1.165) is 31.5 Å². The minimum atomic E-state index is -1.20. The summed E-state index contributed by atoms with van der Waals surface area (Å²) in [6.07, 6.45) is 4.28. The number of rotatable bonds is 17. The van der Waals surface area contributed by atoms with Crippen LogP contribution in [-0.4, -0.2) is 90.0 Å². The molecule has 1 aromatic carbocycles. The fourth-order valence-corrected chi connectivity index (χ4v) is 3.76. The van der Waals surface area contributed by atoms with Gasteiger partial charge in [-0.3, -0.25) is 14.6 Å². The molecule has 53 heavy (non-hydrogen) atoms. The molecule has 0 saturated heterocycles. The van der Waals surface area contributed by atoms with E-state index < -0.39 is 17.9 Å². The molecule has 15 heteroatoms. The van der Waals surface area contributed by atoms with Gasteiger partial charge in [0.1, 0.15) is 17.6 Å². The van der Waals surface area contributed by atoms with Gasteiger partial charge in [0.15, 0.2) is 5.82 Å². The lowest BCUT2D eigenvalue weighted by Gasteiger charge is -2.20. The summed E-state index contributed by atoms with van der Waals surface area (Å²) in [4.78, 5) is 54.8. The maximum Gasteiger partial charge on any atom is 0.326 e. The van der Waals surface area contributed by atoms with E-state index in [2.05, 4.69) is 51.2 Å². The van der Waals surface area contributed by atoms with E-state index in [-0.39, 0.29) is 48.3 Å². The van der Waals surface area contributed by atoms with Gasteiger partial charge < -0.3 is 42.9 Å². The van der Waals surface area contributed by atoms with Gasteiger partial charge in [0.2, 0.25) is 5.91 Å². The van der Waals surface area contributed by atoms with Gasteiger partial charge in [0.25, 0.3) is 5.91 Å². The van der Waals surface area contributed by atoms with Gasteiger partial charge in [0.05, 0.1) is 25.1 Å². The van der Waals surface area contributed by atoms with E-state index >= 15 is 0 Å². The molecule has 2 rings (SSSR count). The normalized spacial score (nSPS) is 10.4. The third kappa shape index (κ3) is 26.9. The number of carboxylic acids is 1. The Morgan fingerprint density at radius 2 is 1.55 bits per heavy atom. The van der Waals surface area contributed by atoms with Gasteiger partial charge in [0, 0.05) is 37.9 Å². The molecule has 0 radical (unpaired) electrons. The third-order valence-corrected chi connectivity index (χ3v) is 6.19. The molecule has 0 aliphatic carbocycles. The Labute approximate surface area is 319 Å². The number of aliphatic hydroxyl groups is 1. The first-order chi connectivity index (χ1) is 25.4. The Balaban J connectivity index is -0.000000812. The quantitative estimate of drug-likeness (QED) is 0.0643. The Morgan fingerprint density at radius 1 is 1.00 bits per heavy atom. The van der Waals surface area contributed by atoms with Crippen LogP contribution in [0.3, 0.4) is 0 Å². The number of carbonyl (C=O) groups excluding carboxylic acids is 2. The number of aromatic nitrogens is 2. The van der Waals surface area contributed by atoms with Crippen LogP contribution in [0.25, 0.3) is 0 Å². The van der Waals surface area contributed by atoms with E-state index in [1.54, 1.807) is 30.5 Å². The molecule has 0 bridgehead atoms. The zero-order valence-electron chi connectivity index (χ0n) is 34.4. The van der Waals surface area contributed by atoms with Crippen LogP contribution in [0.5, 0.6) is 0 Å². The highest BCUT2D eigenvalue weighted by Gasteiger charge is 2.22. The Hall–Kier alpha value is -4.47. The van der Waals surface area contributed by atoms with Crippen molar-refractivity contribution in [2.24, 2.45) is 33.1 Å². The highest BCUT2D eigenvalue weighted by atomic mass is 16.4. The maximum atomic E-state index is 12.7. The largest absolute Gasteiger partial charge is 0.480 e. The molecule has 2 aromatic rings. The molecule has 0 aliphatic rings. The van der Waals surface area contributed by atoms with Crippen LogP contribution < -0.4 is 32.7 Å². The number of nitrogens with two attached hydrogens (primary N) is 3. The van der Waals surface area contributed by atoms with Crippen LogP contribution in [0.4, 0.5) is 11.5 Å². The van der Waals surface area contributed by atoms with Crippen molar-refractivity contribution >= 4 is 41.8 Å². The second kappa shape index (κ2) is 37.3. The molecule has 0 saturated carbocycles. The van der Waals surface area contributed by atoms with E-state index in [1.165, 1.54) is 0 Å². The van der Waals surface area contributed by atoms with Crippen molar-refractivity contribution in [3.05, 3.63) is 47.4 Å². The Bertz CT molecular complexity index is 1260. The van der Waals surface area contributed by atoms with Crippen LogP contribution in [0.2, 0.25) is 0 Å². The average Bonchev–Trinajstić information content (AvgIpc) is 3.17. The highest BCUT2D eigenvalue weighted by molar-refractivity contribution is 5.99. The molecule has 0 aliphatic heterocycles. The highest BCUT2D eigenvalue weighted by Crippen LogP contribution is 2.18. The number of aliphatic hydroxyl groups excluding tert-OH is 1. The molecule has 1 heterocycles. The number of carbonyl (C=O) groups is 3. The lowest BCUT2D eigenvalue weighted by molar-refractivity contribution is -0.139. The standard InChI is InChI=1S/C27H39N9O4.C3H8O.C2H7N.3C2H6/c1-17(2)6-5-13-31-22(37)12-11-21(27(39)40)35-26(38)18-7-9-20(10-8-18)36(4)15-19-14-32-25(30-3)23(34-19)24(29)33-16-28;1-2-3-4;1-2-3;3*1-2/h7-10,14,17,21H,3,5-6,11-13,15-16,28H2,1-2,4H3,(H2,29,33)(H,31,37)(H,35,38)(H,39,40);4H,2-3H2,1H3;2-3H2,1H3;3*1-2H3. The molecule has 10 N–H and O–H groups in total. The lowest BCUT2D eigenvalue weighted by Crippen LogP contribution is -2.41. The molecule has 1 unspecified atom stereocenters. The van der Waals surface area contributed by atoms with E-state index in [9.17, 15) is 19.5 Å². The first-order valence-corrected chi connectivity index (χ1v) is 18.6. The monoisotopic (exact) mass is 749 g/mol. The number of benzene rings is 1. The van der Waals surface area contributed by atoms with Crippen LogP contribution >= 0.6 is 0 Å². The Morgan fingerprint density at radius 3 is 2.00 bits per heavy atom. The summed E-state index contributed by atoms with van der Waals surface area (Å²) >= 11 is 0.